The van der Waals surface area contributed by atoms with Gasteiger partial charge in [0.15, 0.2) is 0 Å². The summed E-state index contributed by atoms with van der Waals surface area (Å²) < 4.78 is 0. The maximum atomic E-state index is 5.72. The predicted octanol–water partition coefficient (Wildman–Crippen LogP) is 1.16. The van der Waals surface area contributed by atoms with E-state index >= 15 is 0 Å². The molecule has 1 saturated heterocycles. The molecule has 0 unspecified atom stereocenters. The van der Waals surface area contributed by atoms with Crippen LogP contribution in [-0.2, 0) is 6.42 Å². The van der Waals surface area contributed by atoms with Crippen molar-refractivity contribution in [3.05, 3.63) is 35.9 Å². The van der Waals surface area contributed by atoms with E-state index in [0.29, 0.717) is 6.04 Å². The van der Waals surface area contributed by atoms with E-state index in [2.05, 4.69) is 35.6 Å². The molecular weight excluding hydrogens is 198 g/mol. The van der Waals surface area contributed by atoms with Crippen LogP contribution in [0.25, 0.3) is 0 Å². The summed E-state index contributed by atoms with van der Waals surface area (Å²) in [5, 5.41) is 5.52. The molecule has 0 atom stereocenters. The molecule has 0 saturated carbocycles. The van der Waals surface area contributed by atoms with Gasteiger partial charge in [0.05, 0.1) is 0 Å². The molecule has 88 valence electrons. The van der Waals surface area contributed by atoms with Crippen molar-refractivity contribution < 1.29 is 0 Å². The second-order valence-corrected chi connectivity index (χ2v) is 4.50. The van der Waals surface area contributed by atoms with Gasteiger partial charge in [-0.2, -0.15) is 0 Å². The normalized spacial score (nSPS) is 18.8. The number of benzene rings is 1. The van der Waals surface area contributed by atoms with Crippen molar-refractivity contribution >= 4 is 0 Å². The van der Waals surface area contributed by atoms with Crippen molar-refractivity contribution in [1.82, 2.24) is 10.3 Å². The molecule has 2 rings (SSSR count). The lowest BCUT2D eigenvalue weighted by Crippen LogP contribution is -2.45. The largest absolute Gasteiger partial charge is 0.314 e. The minimum absolute atomic E-state index is 0.656. The van der Waals surface area contributed by atoms with Crippen molar-refractivity contribution in [2.75, 3.05) is 19.6 Å². The molecular formula is C13H21N3. The molecule has 1 fully saturated rings. The number of hydrogen-bond donors (Lipinski definition) is 2. The lowest BCUT2D eigenvalue weighted by molar-refractivity contribution is 0.202. The summed E-state index contributed by atoms with van der Waals surface area (Å²) in [6.07, 6.45) is 3.46. The molecule has 1 aliphatic heterocycles. The van der Waals surface area contributed by atoms with Gasteiger partial charge >= 0.3 is 0 Å². The van der Waals surface area contributed by atoms with E-state index < -0.39 is 0 Å². The maximum Gasteiger partial charge on any atom is 0.0143 e. The van der Waals surface area contributed by atoms with Gasteiger partial charge in [0, 0.05) is 19.1 Å². The molecule has 3 heteroatoms. The third-order valence-corrected chi connectivity index (χ3v) is 3.22. The second kappa shape index (κ2) is 5.99. The predicted molar refractivity (Wildman–Crippen MR) is 66.9 cm³/mol. The number of hydrogen-bond acceptors (Lipinski definition) is 3. The molecule has 3 N–H and O–H groups in total. The standard InChI is InChI=1S/C13H21N3/c14-16-10-7-13(8-11-16)15-9-6-12-4-2-1-3-5-12/h1-5,13,15H,6-11,14H2. The maximum absolute atomic E-state index is 5.72. The highest BCUT2D eigenvalue weighted by atomic mass is 15.4. The molecule has 0 amide bonds. The lowest BCUT2D eigenvalue weighted by atomic mass is 10.1. The van der Waals surface area contributed by atoms with Crippen molar-refractivity contribution in [3.63, 3.8) is 0 Å². The van der Waals surface area contributed by atoms with Crippen molar-refractivity contribution in [1.29, 1.82) is 0 Å². The quantitative estimate of drug-likeness (QED) is 0.747. The van der Waals surface area contributed by atoms with E-state index in [4.69, 9.17) is 5.84 Å². The second-order valence-electron chi connectivity index (χ2n) is 4.50. The molecule has 0 spiro atoms. The van der Waals surface area contributed by atoms with Crippen LogP contribution in [0.3, 0.4) is 0 Å². The first-order chi connectivity index (χ1) is 7.84. The minimum atomic E-state index is 0.656. The van der Waals surface area contributed by atoms with Crippen molar-refractivity contribution in [2.45, 2.75) is 25.3 Å². The average molecular weight is 219 g/mol. The topological polar surface area (TPSA) is 41.3 Å². The first-order valence-corrected chi connectivity index (χ1v) is 6.11. The summed E-state index contributed by atoms with van der Waals surface area (Å²) in [6, 6.07) is 11.3. The Morgan fingerprint density at radius 2 is 1.88 bits per heavy atom. The summed E-state index contributed by atoms with van der Waals surface area (Å²) in [5.41, 5.74) is 1.41. The zero-order valence-corrected chi connectivity index (χ0v) is 9.73. The SMILES string of the molecule is NN1CCC(NCCc2ccccc2)CC1. The lowest BCUT2D eigenvalue weighted by Gasteiger charge is -2.29. The highest BCUT2D eigenvalue weighted by Gasteiger charge is 2.15. The van der Waals surface area contributed by atoms with Gasteiger partial charge in [-0.25, -0.2) is 5.01 Å². The molecule has 1 aromatic carbocycles. The van der Waals surface area contributed by atoms with Crippen LogP contribution in [0.4, 0.5) is 0 Å². The minimum Gasteiger partial charge on any atom is -0.314 e. The molecule has 16 heavy (non-hydrogen) atoms. The van der Waals surface area contributed by atoms with Gasteiger partial charge in [0.2, 0.25) is 0 Å². The first kappa shape index (κ1) is 11.6. The fraction of sp³-hybridized carbons (Fsp3) is 0.538. The van der Waals surface area contributed by atoms with Gasteiger partial charge < -0.3 is 5.32 Å². The fourth-order valence-corrected chi connectivity index (χ4v) is 2.17. The number of hydrazine groups is 1. The van der Waals surface area contributed by atoms with Crippen molar-refractivity contribution in [2.24, 2.45) is 5.84 Å². The number of nitrogens with two attached hydrogens (primary N) is 1. The molecule has 1 aliphatic rings. The molecule has 1 heterocycles. The summed E-state index contributed by atoms with van der Waals surface area (Å²) in [6.45, 7) is 3.10. The van der Waals surface area contributed by atoms with Gasteiger partial charge in [-0.1, -0.05) is 30.3 Å². The zero-order chi connectivity index (χ0) is 11.2. The fourth-order valence-electron chi connectivity index (χ4n) is 2.17. The summed E-state index contributed by atoms with van der Waals surface area (Å²) in [5.74, 6) is 5.72. The van der Waals surface area contributed by atoms with E-state index in [1.54, 1.807) is 0 Å². The monoisotopic (exact) mass is 219 g/mol. The van der Waals surface area contributed by atoms with Crippen LogP contribution in [-0.4, -0.2) is 30.7 Å². The molecule has 0 aliphatic carbocycles. The smallest absolute Gasteiger partial charge is 0.0143 e. The van der Waals surface area contributed by atoms with E-state index in [1.165, 1.54) is 18.4 Å². The van der Waals surface area contributed by atoms with Gasteiger partial charge in [-0.15, -0.1) is 0 Å². The highest BCUT2D eigenvalue weighted by Crippen LogP contribution is 2.07. The van der Waals surface area contributed by atoms with Gasteiger partial charge in [0.1, 0.15) is 0 Å². The molecule has 0 aromatic heterocycles. The Labute approximate surface area is 97.6 Å². The average Bonchev–Trinajstić information content (AvgIpc) is 2.33. The Kier molecular flexibility index (Phi) is 4.34. The van der Waals surface area contributed by atoms with Crippen LogP contribution < -0.4 is 11.2 Å². The van der Waals surface area contributed by atoms with Crippen LogP contribution in [0.15, 0.2) is 30.3 Å². The molecule has 3 nitrogen and oxygen atoms in total. The van der Waals surface area contributed by atoms with Gasteiger partial charge in [0.25, 0.3) is 0 Å². The van der Waals surface area contributed by atoms with Crippen LogP contribution in [0.1, 0.15) is 18.4 Å². The zero-order valence-electron chi connectivity index (χ0n) is 9.73. The van der Waals surface area contributed by atoms with Crippen LogP contribution in [0, 0.1) is 0 Å². The molecule has 0 radical (unpaired) electrons. The summed E-state index contributed by atoms with van der Waals surface area (Å²) in [4.78, 5) is 0. The van der Waals surface area contributed by atoms with Crippen molar-refractivity contribution in [3.8, 4) is 0 Å². The Morgan fingerprint density at radius 1 is 1.19 bits per heavy atom. The van der Waals surface area contributed by atoms with Gasteiger partial charge in [-0.3, -0.25) is 5.84 Å². The van der Waals surface area contributed by atoms with E-state index in [1.807, 2.05) is 5.01 Å². The number of nitrogens with zero attached hydrogens (tertiary/aromatic N) is 1. The number of nitrogens with one attached hydrogen (secondary N) is 1. The van der Waals surface area contributed by atoms with E-state index in [9.17, 15) is 0 Å². The van der Waals surface area contributed by atoms with E-state index in [-0.39, 0.29) is 0 Å². The molecule has 0 bridgehead atoms. The summed E-state index contributed by atoms with van der Waals surface area (Å²) in [7, 11) is 0. The van der Waals surface area contributed by atoms with E-state index in [0.717, 1.165) is 26.1 Å². The first-order valence-electron chi connectivity index (χ1n) is 6.11. The highest BCUT2D eigenvalue weighted by molar-refractivity contribution is 5.14. The Balaban J connectivity index is 1.65. The van der Waals surface area contributed by atoms with Gasteiger partial charge in [-0.05, 0) is 31.4 Å². The Bertz CT molecular complexity index is 291. The Morgan fingerprint density at radius 3 is 2.56 bits per heavy atom. The van der Waals surface area contributed by atoms with Crippen LogP contribution in [0.5, 0.6) is 0 Å². The Hall–Kier alpha value is -0.900. The number of piperidine rings is 1. The van der Waals surface area contributed by atoms with Crippen LogP contribution in [0.2, 0.25) is 0 Å². The third-order valence-electron chi connectivity index (χ3n) is 3.22. The summed E-state index contributed by atoms with van der Waals surface area (Å²) >= 11 is 0. The van der Waals surface area contributed by atoms with Crippen LogP contribution >= 0.6 is 0 Å². The number of rotatable bonds is 4. The molecule has 1 aromatic rings. The third kappa shape index (κ3) is 3.59.